The summed E-state index contributed by atoms with van der Waals surface area (Å²) in [5.74, 6) is 0.189. The zero-order valence-electron chi connectivity index (χ0n) is 18.6. The summed E-state index contributed by atoms with van der Waals surface area (Å²) >= 11 is 0. The van der Waals surface area contributed by atoms with Crippen LogP contribution in [-0.4, -0.2) is 20.5 Å². The van der Waals surface area contributed by atoms with E-state index in [0.29, 0.717) is 34.6 Å². The summed E-state index contributed by atoms with van der Waals surface area (Å²) in [7, 11) is -0.366. The van der Waals surface area contributed by atoms with Gasteiger partial charge in [0.1, 0.15) is 17.7 Å². The molecular formula is C24H33FO3Si. The van der Waals surface area contributed by atoms with E-state index in [0.717, 1.165) is 5.56 Å². The third kappa shape index (κ3) is 5.35. The zero-order valence-corrected chi connectivity index (χ0v) is 19.6. The van der Waals surface area contributed by atoms with Crippen LogP contribution in [0.1, 0.15) is 44.9 Å². The molecule has 0 aliphatic rings. The third-order valence-electron chi connectivity index (χ3n) is 5.75. The highest BCUT2D eigenvalue weighted by Gasteiger charge is 2.37. The highest BCUT2D eigenvalue weighted by atomic mass is 28.4. The minimum Gasteiger partial charge on any atom is -0.497 e. The third-order valence-corrected chi connectivity index (χ3v) is 10.2. The standard InChI is InChI=1S/C24H33FO3Si/c1-16(2)23(26)21-13-17(15-28-29(7,8)24(3,4)5)9-11-19(21)20-14-18(27-6)10-12-22(20)25/h9-14,23,26H,1,15H2,2-8H3. The van der Waals surface area contributed by atoms with Gasteiger partial charge in [-0.15, -0.1) is 0 Å². The Morgan fingerprint density at radius 2 is 1.79 bits per heavy atom. The summed E-state index contributed by atoms with van der Waals surface area (Å²) in [6.07, 6.45) is -0.900. The van der Waals surface area contributed by atoms with Crippen LogP contribution in [-0.2, 0) is 11.0 Å². The molecule has 0 aliphatic heterocycles. The normalized spacial score (nSPS) is 13.3. The molecule has 2 aromatic carbocycles. The molecule has 2 rings (SSSR count). The fourth-order valence-corrected chi connectivity index (χ4v) is 3.72. The van der Waals surface area contributed by atoms with Crippen LogP contribution in [0.2, 0.25) is 18.1 Å². The summed E-state index contributed by atoms with van der Waals surface area (Å²) in [6.45, 7) is 17.1. The second-order valence-electron chi connectivity index (χ2n) is 9.07. The lowest BCUT2D eigenvalue weighted by Gasteiger charge is -2.36. The van der Waals surface area contributed by atoms with Crippen molar-refractivity contribution in [3.8, 4) is 16.9 Å². The molecule has 1 unspecified atom stereocenters. The van der Waals surface area contributed by atoms with E-state index in [2.05, 4.69) is 40.4 Å². The van der Waals surface area contributed by atoms with E-state index in [9.17, 15) is 9.50 Å². The van der Waals surface area contributed by atoms with Gasteiger partial charge in [-0.25, -0.2) is 4.39 Å². The molecule has 0 aliphatic carbocycles. The van der Waals surface area contributed by atoms with Gasteiger partial charge in [0.2, 0.25) is 0 Å². The van der Waals surface area contributed by atoms with E-state index in [1.165, 1.54) is 6.07 Å². The molecule has 158 valence electrons. The summed E-state index contributed by atoms with van der Waals surface area (Å²) in [5.41, 5.74) is 3.15. The first-order chi connectivity index (χ1) is 13.4. The molecule has 1 atom stereocenters. The van der Waals surface area contributed by atoms with E-state index in [1.807, 2.05) is 18.2 Å². The molecule has 0 heterocycles. The van der Waals surface area contributed by atoms with Crippen molar-refractivity contribution >= 4 is 8.32 Å². The van der Waals surface area contributed by atoms with Crippen molar-refractivity contribution in [1.82, 2.24) is 0 Å². The van der Waals surface area contributed by atoms with E-state index >= 15 is 0 Å². The first kappa shape index (κ1) is 23.3. The number of hydrogen-bond acceptors (Lipinski definition) is 3. The largest absolute Gasteiger partial charge is 0.497 e. The molecule has 0 saturated heterocycles. The van der Waals surface area contributed by atoms with Gasteiger partial charge in [0, 0.05) is 5.56 Å². The number of hydrogen-bond donors (Lipinski definition) is 1. The predicted molar refractivity (Wildman–Crippen MR) is 120 cm³/mol. The SMILES string of the molecule is C=C(C)C(O)c1cc(CO[Si](C)(C)C(C)(C)C)ccc1-c1cc(OC)ccc1F. The van der Waals surface area contributed by atoms with Gasteiger partial charge >= 0.3 is 0 Å². The maximum Gasteiger partial charge on any atom is 0.192 e. The molecule has 0 saturated carbocycles. The summed E-state index contributed by atoms with van der Waals surface area (Å²) in [6, 6.07) is 10.3. The van der Waals surface area contributed by atoms with E-state index in [1.54, 1.807) is 26.2 Å². The Hall–Kier alpha value is -1.95. The molecule has 0 radical (unpaired) electrons. The molecule has 29 heavy (non-hydrogen) atoms. The molecule has 2 aromatic rings. The van der Waals surface area contributed by atoms with E-state index in [4.69, 9.17) is 9.16 Å². The lowest BCUT2D eigenvalue weighted by molar-refractivity contribution is 0.216. The number of ether oxygens (including phenoxy) is 1. The van der Waals surface area contributed by atoms with Crippen LogP contribution in [0.25, 0.3) is 11.1 Å². The second-order valence-corrected chi connectivity index (χ2v) is 13.9. The van der Waals surface area contributed by atoms with Crippen LogP contribution < -0.4 is 4.74 Å². The van der Waals surface area contributed by atoms with Gasteiger partial charge < -0.3 is 14.3 Å². The van der Waals surface area contributed by atoms with Crippen LogP contribution in [0.5, 0.6) is 5.75 Å². The topological polar surface area (TPSA) is 38.7 Å². The maximum absolute atomic E-state index is 14.6. The number of aliphatic hydroxyl groups excluding tert-OH is 1. The van der Waals surface area contributed by atoms with E-state index in [-0.39, 0.29) is 10.9 Å². The van der Waals surface area contributed by atoms with Gasteiger partial charge in [-0.3, -0.25) is 0 Å². The van der Waals surface area contributed by atoms with Gasteiger partial charge in [-0.1, -0.05) is 39.5 Å². The van der Waals surface area contributed by atoms with Gasteiger partial charge in [0.25, 0.3) is 0 Å². The Labute approximate surface area is 175 Å². The van der Waals surface area contributed by atoms with Crippen molar-refractivity contribution in [1.29, 1.82) is 0 Å². The molecule has 5 heteroatoms. The first-order valence-corrected chi connectivity index (χ1v) is 12.7. The second kappa shape index (κ2) is 8.82. The number of aliphatic hydroxyl groups is 1. The number of benzene rings is 2. The molecule has 0 amide bonds. The molecule has 0 aromatic heterocycles. The Bertz CT molecular complexity index is 884. The minimum absolute atomic E-state index is 0.108. The Morgan fingerprint density at radius 1 is 1.14 bits per heavy atom. The van der Waals surface area contributed by atoms with Gasteiger partial charge in [0.15, 0.2) is 8.32 Å². The monoisotopic (exact) mass is 416 g/mol. The van der Waals surface area contributed by atoms with Crippen LogP contribution in [0.4, 0.5) is 4.39 Å². The molecule has 0 spiro atoms. The summed E-state index contributed by atoms with van der Waals surface area (Å²) in [5, 5.41) is 10.9. The van der Waals surface area contributed by atoms with Crippen LogP contribution in [0, 0.1) is 5.82 Å². The fourth-order valence-electron chi connectivity index (χ4n) is 2.76. The summed E-state index contributed by atoms with van der Waals surface area (Å²) < 4.78 is 26.2. The van der Waals surface area contributed by atoms with Crippen molar-refractivity contribution in [2.45, 2.75) is 58.5 Å². The Balaban J connectivity index is 2.48. The van der Waals surface area contributed by atoms with Gasteiger partial charge in [0.05, 0.1) is 13.7 Å². The average molecular weight is 417 g/mol. The van der Waals surface area contributed by atoms with E-state index < -0.39 is 14.4 Å². The lowest BCUT2D eigenvalue weighted by Crippen LogP contribution is -2.40. The van der Waals surface area contributed by atoms with Crippen molar-refractivity contribution in [2.24, 2.45) is 0 Å². The van der Waals surface area contributed by atoms with Crippen LogP contribution >= 0.6 is 0 Å². The Kier molecular flexibility index (Phi) is 7.09. The first-order valence-electron chi connectivity index (χ1n) is 9.81. The minimum atomic E-state index is -1.91. The van der Waals surface area contributed by atoms with Crippen LogP contribution in [0.3, 0.4) is 0 Å². The molecule has 0 bridgehead atoms. The van der Waals surface area contributed by atoms with Crippen LogP contribution in [0.15, 0.2) is 48.6 Å². The number of rotatable bonds is 7. The lowest BCUT2D eigenvalue weighted by atomic mass is 9.91. The summed E-state index contributed by atoms with van der Waals surface area (Å²) in [4.78, 5) is 0. The zero-order chi connectivity index (χ0) is 22.0. The van der Waals surface area contributed by atoms with Crippen molar-refractivity contribution in [3.63, 3.8) is 0 Å². The predicted octanol–water partition coefficient (Wildman–Crippen LogP) is 6.63. The molecule has 1 N–H and O–H groups in total. The highest BCUT2D eigenvalue weighted by molar-refractivity contribution is 6.74. The van der Waals surface area contributed by atoms with Crippen molar-refractivity contribution in [3.05, 3.63) is 65.5 Å². The number of methoxy groups -OCH3 is 1. The maximum atomic E-state index is 14.6. The Morgan fingerprint density at radius 3 is 2.34 bits per heavy atom. The van der Waals surface area contributed by atoms with Gasteiger partial charge in [-0.05, 0) is 71.6 Å². The smallest absolute Gasteiger partial charge is 0.192 e. The molecule has 3 nitrogen and oxygen atoms in total. The van der Waals surface area contributed by atoms with Crippen molar-refractivity contribution in [2.75, 3.05) is 7.11 Å². The van der Waals surface area contributed by atoms with Crippen molar-refractivity contribution < 1.29 is 18.7 Å². The fraction of sp³-hybridized carbons (Fsp3) is 0.417. The number of halogens is 1. The molecule has 0 fully saturated rings. The molecular weight excluding hydrogens is 383 g/mol. The van der Waals surface area contributed by atoms with Gasteiger partial charge in [-0.2, -0.15) is 0 Å². The highest BCUT2D eigenvalue weighted by Crippen LogP contribution is 2.38. The quantitative estimate of drug-likeness (QED) is 0.406. The average Bonchev–Trinajstić information content (AvgIpc) is 2.65.